The number of anilines is 1. The zero-order valence-corrected chi connectivity index (χ0v) is 12.6. The third-order valence-corrected chi connectivity index (χ3v) is 4.10. The zero-order chi connectivity index (χ0) is 14.3. The normalized spacial score (nSPS) is 14.7. The maximum absolute atomic E-state index is 6.01. The number of benzene rings is 1. The summed E-state index contributed by atoms with van der Waals surface area (Å²) in [5.41, 5.74) is 8.67. The van der Waals surface area contributed by atoms with Gasteiger partial charge in [-0.15, -0.1) is 0 Å². The molecule has 0 amide bonds. The molecule has 1 aromatic carbocycles. The van der Waals surface area contributed by atoms with Crippen LogP contribution in [0.2, 0.25) is 10.0 Å². The van der Waals surface area contributed by atoms with E-state index in [1.165, 1.54) is 0 Å². The number of nitrogen functional groups attached to an aromatic ring is 1. The van der Waals surface area contributed by atoms with E-state index in [2.05, 4.69) is 9.97 Å². The highest BCUT2D eigenvalue weighted by molar-refractivity contribution is 7.81. The van der Waals surface area contributed by atoms with Gasteiger partial charge in [0.25, 0.3) is 0 Å². The molecule has 0 aliphatic heterocycles. The molecule has 100 valence electrons. The first-order valence-corrected chi connectivity index (χ1v) is 7.05. The number of rotatable bonds is 1. The highest BCUT2D eigenvalue weighted by Crippen LogP contribution is 2.30. The number of nitrogens with two attached hydrogens (primary N) is 1. The van der Waals surface area contributed by atoms with Gasteiger partial charge in [-0.3, -0.25) is 0 Å². The topological polar surface area (TPSA) is 51.8 Å². The minimum Gasteiger partial charge on any atom is -0.382 e. The summed E-state index contributed by atoms with van der Waals surface area (Å²) in [4.78, 5) is 9.66. The Morgan fingerprint density at radius 1 is 1.10 bits per heavy atom. The second-order valence-electron chi connectivity index (χ2n) is 4.35. The number of halogens is 2. The summed E-state index contributed by atoms with van der Waals surface area (Å²) >= 11 is 17.3. The lowest BCUT2D eigenvalue weighted by Gasteiger charge is -2.12. The molecule has 2 aromatic rings. The molecule has 1 aliphatic carbocycles. The molecule has 0 spiro atoms. The van der Waals surface area contributed by atoms with Crippen LogP contribution in [0.3, 0.4) is 0 Å². The number of nitrogens with zero attached hydrogens (tertiary/aromatic N) is 2. The summed E-state index contributed by atoms with van der Waals surface area (Å²) in [6, 6.07) is 3.33. The Morgan fingerprint density at radius 2 is 1.75 bits per heavy atom. The molecule has 0 saturated carbocycles. The van der Waals surface area contributed by atoms with E-state index in [4.69, 9.17) is 41.2 Å². The van der Waals surface area contributed by atoms with Crippen LogP contribution in [0.25, 0.3) is 16.6 Å². The van der Waals surface area contributed by atoms with Crippen molar-refractivity contribution in [2.24, 2.45) is 0 Å². The van der Waals surface area contributed by atoms with E-state index in [9.17, 15) is 0 Å². The number of aromatic nitrogens is 2. The monoisotopic (exact) mass is 321 g/mol. The van der Waals surface area contributed by atoms with Crippen LogP contribution in [0, 0.1) is 0 Å². The average molecular weight is 322 g/mol. The second-order valence-corrected chi connectivity index (χ2v) is 5.66. The van der Waals surface area contributed by atoms with Crippen molar-refractivity contribution < 1.29 is 0 Å². The lowest BCUT2D eigenvalue weighted by molar-refractivity contribution is 1.26. The summed E-state index contributed by atoms with van der Waals surface area (Å²) in [6.07, 6.45) is 6.54. The van der Waals surface area contributed by atoms with Gasteiger partial charge in [0.05, 0.1) is 21.1 Å². The summed E-state index contributed by atoms with van der Waals surface area (Å²) in [5, 5.41) is 0.861. The van der Waals surface area contributed by atoms with Gasteiger partial charge in [0.15, 0.2) is 5.82 Å². The molecule has 3 nitrogen and oxygen atoms in total. The molecule has 1 heterocycles. The minimum absolute atomic E-state index is 0.333. The van der Waals surface area contributed by atoms with Crippen molar-refractivity contribution >= 4 is 62.7 Å². The first-order chi connectivity index (χ1) is 9.56. The SMILES string of the molecule is Nc1nc2cc(Cl)c(Cl)cc2nc1C1=CC=CCC1=S. The first-order valence-electron chi connectivity index (χ1n) is 5.89. The van der Waals surface area contributed by atoms with E-state index in [1.807, 2.05) is 18.2 Å². The minimum atomic E-state index is 0.333. The van der Waals surface area contributed by atoms with E-state index in [0.717, 1.165) is 10.4 Å². The van der Waals surface area contributed by atoms with Gasteiger partial charge in [0, 0.05) is 16.9 Å². The molecule has 2 N–H and O–H groups in total. The number of fused-ring (bicyclic) bond motifs is 1. The smallest absolute Gasteiger partial charge is 0.150 e. The van der Waals surface area contributed by atoms with Gasteiger partial charge in [-0.05, 0) is 12.1 Å². The number of hydrogen-bond donors (Lipinski definition) is 1. The van der Waals surface area contributed by atoms with Crippen molar-refractivity contribution in [1.82, 2.24) is 9.97 Å². The van der Waals surface area contributed by atoms with Gasteiger partial charge >= 0.3 is 0 Å². The summed E-state index contributed by atoms with van der Waals surface area (Å²) in [7, 11) is 0. The van der Waals surface area contributed by atoms with Gasteiger partial charge in [-0.25, -0.2) is 9.97 Å². The maximum atomic E-state index is 6.01. The van der Waals surface area contributed by atoms with Crippen molar-refractivity contribution in [3.05, 3.63) is 46.1 Å². The zero-order valence-electron chi connectivity index (χ0n) is 10.2. The molecule has 0 unspecified atom stereocenters. The Bertz CT molecular complexity index is 797. The van der Waals surface area contributed by atoms with E-state index in [1.54, 1.807) is 12.1 Å². The summed E-state index contributed by atoms with van der Waals surface area (Å²) in [6.45, 7) is 0. The van der Waals surface area contributed by atoms with Crippen molar-refractivity contribution in [3.8, 4) is 0 Å². The fourth-order valence-electron chi connectivity index (χ4n) is 2.02. The predicted molar refractivity (Wildman–Crippen MR) is 88.3 cm³/mol. The number of hydrogen-bond acceptors (Lipinski definition) is 4. The van der Waals surface area contributed by atoms with Gasteiger partial charge < -0.3 is 5.73 Å². The third-order valence-electron chi connectivity index (χ3n) is 2.99. The maximum Gasteiger partial charge on any atom is 0.150 e. The third kappa shape index (κ3) is 2.30. The predicted octanol–water partition coefficient (Wildman–Crippen LogP) is 4.23. The molecule has 1 aromatic heterocycles. The molecule has 0 bridgehead atoms. The highest BCUT2D eigenvalue weighted by atomic mass is 35.5. The second kappa shape index (κ2) is 5.13. The van der Waals surface area contributed by atoms with Crippen molar-refractivity contribution in [2.75, 3.05) is 5.73 Å². The molecule has 0 radical (unpaired) electrons. The quantitative estimate of drug-likeness (QED) is 0.798. The van der Waals surface area contributed by atoms with Crippen LogP contribution < -0.4 is 5.73 Å². The van der Waals surface area contributed by atoms with Gasteiger partial charge in [0.1, 0.15) is 5.69 Å². The standard InChI is InChI=1S/C14H9Cl2N3S/c15-8-5-10-11(6-9(8)16)19-14(17)13(18-10)7-3-1-2-4-12(7)20/h1-3,5-6H,4H2,(H2,17,19). The van der Waals surface area contributed by atoms with Crippen LogP contribution >= 0.6 is 35.4 Å². The molecular formula is C14H9Cl2N3S. The molecule has 1 aliphatic rings. The van der Waals surface area contributed by atoms with Crippen LogP contribution in [0.5, 0.6) is 0 Å². The molecule has 0 atom stereocenters. The van der Waals surface area contributed by atoms with Crippen LogP contribution in [-0.2, 0) is 0 Å². The highest BCUT2D eigenvalue weighted by Gasteiger charge is 2.16. The first kappa shape index (κ1) is 13.5. The summed E-state index contributed by atoms with van der Waals surface area (Å²) < 4.78 is 0. The fourth-order valence-corrected chi connectivity index (χ4v) is 2.59. The van der Waals surface area contributed by atoms with E-state index in [0.29, 0.717) is 39.0 Å². The van der Waals surface area contributed by atoms with E-state index in [-0.39, 0.29) is 0 Å². The van der Waals surface area contributed by atoms with Gasteiger partial charge in [-0.2, -0.15) is 0 Å². The average Bonchev–Trinajstić information content (AvgIpc) is 2.41. The largest absolute Gasteiger partial charge is 0.382 e. The molecule has 0 saturated heterocycles. The molecule has 20 heavy (non-hydrogen) atoms. The van der Waals surface area contributed by atoms with Crippen LogP contribution in [0.15, 0.2) is 30.4 Å². The van der Waals surface area contributed by atoms with Crippen LogP contribution in [0.4, 0.5) is 5.82 Å². The Hall–Kier alpha value is -1.49. The van der Waals surface area contributed by atoms with Gasteiger partial charge in [0.2, 0.25) is 0 Å². The van der Waals surface area contributed by atoms with Crippen LogP contribution in [0.1, 0.15) is 12.1 Å². The molecule has 0 fully saturated rings. The Kier molecular flexibility index (Phi) is 3.46. The molecular weight excluding hydrogens is 313 g/mol. The Labute approximate surface area is 131 Å². The lowest BCUT2D eigenvalue weighted by Crippen LogP contribution is -2.08. The number of allylic oxidation sites excluding steroid dienone is 4. The van der Waals surface area contributed by atoms with Crippen molar-refractivity contribution in [3.63, 3.8) is 0 Å². The van der Waals surface area contributed by atoms with E-state index >= 15 is 0 Å². The Morgan fingerprint density at radius 3 is 2.40 bits per heavy atom. The Balaban J connectivity index is 2.24. The van der Waals surface area contributed by atoms with Crippen molar-refractivity contribution in [1.29, 1.82) is 0 Å². The van der Waals surface area contributed by atoms with E-state index < -0.39 is 0 Å². The molecule has 3 rings (SSSR count). The fraction of sp³-hybridized carbons (Fsp3) is 0.0714. The molecule has 6 heteroatoms. The van der Waals surface area contributed by atoms with Crippen LogP contribution in [-0.4, -0.2) is 14.8 Å². The lowest BCUT2D eigenvalue weighted by atomic mass is 10.0. The number of thiocarbonyl (C=S) groups is 1. The van der Waals surface area contributed by atoms with Gasteiger partial charge in [-0.1, -0.05) is 53.6 Å². The summed E-state index contributed by atoms with van der Waals surface area (Å²) in [5.74, 6) is 0.333. The van der Waals surface area contributed by atoms with Crippen molar-refractivity contribution in [2.45, 2.75) is 6.42 Å².